The smallest absolute Gasteiger partial charge is 0.254 e. The number of aromatic nitrogens is 2. The maximum atomic E-state index is 12.0. The second-order valence-corrected chi connectivity index (χ2v) is 6.31. The third-order valence-electron chi connectivity index (χ3n) is 3.54. The van der Waals surface area contributed by atoms with Crippen molar-refractivity contribution in [3.63, 3.8) is 0 Å². The molecule has 3 aromatic rings. The fourth-order valence-corrected chi connectivity index (χ4v) is 3.05. The van der Waals surface area contributed by atoms with Crippen LogP contribution < -0.4 is 10.2 Å². The van der Waals surface area contributed by atoms with E-state index >= 15 is 0 Å². The van der Waals surface area contributed by atoms with Gasteiger partial charge in [0, 0.05) is 18.5 Å². The molecule has 134 valence electrons. The molecular formula is C19H19N3O3S. The summed E-state index contributed by atoms with van der Waals surface area (Å²) in [5, 5.41) is 0.719. The number of ether oxygens (including phenoxy) is 1. The van der Waals surface area contributed by atoms with Crippen LogP contribution >= 0.6 is 11.8 Å². The summed E-state index contributed by atoms with van der Waals surface area (Å²) in [4.78, 5) is 21.5. The Morgan fingerprint density at radius 2 is 2.04 bits per heavy atom. The number of rotatable bonds is 8. The minimum absolute atomic E-state index is 0.204. The first-order chi connectivity index (χ1) is 12.8. The van der Waals surface area contributed by atoms with Gasteiger partial charge in [-0.3, -0.25) is 14.2 Å². The molecule has 1 aromatic heterocycles. The van der Waals surface area contributed by atoms with Crippen LogP contribution in [0.1, 0.15) is 5.56 Å². The summed E-state index contributed by atoms with van der Waals surface area (Å²) in [7, 11) is 1.63. The van der Waals surface area contributed by atoms with Gasteiger partial charge in [-0.25, -0.2) is 10.5 Å². The third kappa shape index (κ3) is 4.87. The Bertz CT molecular complexity index is 852. The molecule has 6 nitrogen and oxygen atoms in total. The number of thioether (sulfide) groups is 1. The van der Waals surface area contributed by atoms with Gasteiger partial charge in [0.05, 0.1) is 25.2 Å². The van der Waals surface area contributed by atoms with Crippen LogP contribution in [0.4, 0.5) is 0 Å². The van der Waals surface area contributed by atoms with Crippen molar-refractivity contribution in [3.05, 3.63) is 72.6 Å². The largest absolute Gasteiger partial charge is 0.497 e. The van der Waals surface area contributed by atoms with Gasteiger partial charge in [-0.1, -0.05) is 48.2 Å². The molecular weight excluding hydrogens is 350 g/mol. The number of nitrogens with one attached hydrogen (secondary N) is 1. The van der Waals surface area contributed by atoms with Crippen molar-refractivity contribution in [2.75, 3.05) is 12.9 Å². The highest BCUT2D eigenvalue weighted by Gasteiger charge is 2.10. The summed E-state index contributed by atoms with van der Waals surface area (Å²) >= 11 is 1.34. The van der Waals surface area contributed by atoms with E-state index in [0.29, 0.717) is 6.61 Å². The molecule has 0 atom stereocenters. The summed E-state index contributed by atoms with van der Waals surface area (Å²) in [5.41, 5.74) is 4.37. The number of nitrogens with zero attached hydrogens (tertiary/aromatic N) is 2. The number of carbonyl (C=O) groups excluding carboxylic acids is 1. The lowest BCUT2D eigenvalue weighted by Gasteiger charge is -2.09. The van der Waals surface area contributed by atoms with E-state index in [4.69, 9.17) is 9.57 Å². The Labute approximate surface area is 156 Å². The SMILES string of the molecule is COc1cccc(-n2ccnc2SCC(=O)NOCc2ccccc2)c1. The van der Waals surface area contributed by atoms with Gasteiger partial charge in [0.15, 0.2) is 5.16 Å². The predicted molar refractivity (Wildman–Crippen MR) is 100 cm³/mol. The van der Waals surface area contributed by atoms with E-state index < -0.39 is 0 Å². The van der Waals surface area contributed by atoms with Crippen molar-refractivity contribution in [3.8, 4) is 11.4 Å². The number of hydrogen-bond donors (Lipinski definition) is 1. The van der Waals surface area contributed by atoms with Gasteiger partial charge in [0.25, 0.3) is 5.91 Å². The quantitative estimate of drug-likeness (QED) is 0.488. The first-order valence-electron chi connectivity index (χ1n) is 8.01. The second kappa shape index (κ2) is 9.07. The van der Waals surface area contributed by atoms with Crippen LogP contribution in [-0.4, -0.2) is 28.3 Å². The topological polar surface area (TPSA) is 65.4 Å². The molecule has 0 unspecified atom stereocenters. The zero-order valence-electron chi connectivity index (χ0n) is 14.3. The highest BCUT2D eigenvalue weighted by Crippen LogP contribution is 2.23. The Morgan fingerprint density at radius 1 is 1.19 bits per heavy atom. The van der Waals surface area contributed by atoms with Crippen molar-refractivity contribution < 1.29 is 14.4 Å². The minimum atomic E-state index is -0.217. The van der Waals surface area contributed by atoms with Gasteiger partial charge in [0.1, 0.15) is 5.75 Å². The highest BCUT2D eigenvalue weighted by molar-refractivity contribution is 7.99. The number of imidazole rings is 1. The molecule has 0 radical (unpaired) electrons. The van der Waals surface area contributed by atoms with E-state index in [-0.39, 0.29) is 11.7 Å². The van der Waals surface area contributed by atoms with Gasteiger partial charge < -0.3 is 4.74 Å². The number of hydroxylamine groups is 1. The molecule has 1 N–H and O–H groups in total. The van der Waals surface area contributed by atoms with Crippen molar-refractivity contribution in [1.29, 1.82) is 0 Å². The molecule has 0 saturated carbocycles. The van der Waals surface area contributed by atoms with Gasteiger partial charge in [-0.15, -0.1) is 0 Å². The molecule has 1 heterocycles. The monoisotopic (exact) mass is 369 g/mol. The van der Waals surface area contributed by atoms with E-state index in [1.54, 1.807) is 13.3 Å². The zero-order valence-corrected chi connectivity index (χ0v) is 15.1. The molecule has 3 rings (SSSR count). The molecule has 7 heteroatoms. The Balaban J connectivity index is 1.52. The lowest BCUT2D eigenvalue weighted by atomic mass is 10.2. The normalized spacial score (nSPS) is 10.5. The maximum Gasteiger partial charge on any atom is 0.254 e. The standard InChI is InChI=1S/C19H19N3O3S/c1-24-17-9-5-8-16(12-17)22-11-10-20-19(22)26-14-18(23)21-25-13-15-6-3-2-4-7-15/h2-12H,13-14H2,1H3,(H,21,23). The summed E-state index contributed by atoms with van der Waals surface area (Å²) in [5.74, 6) is 0.751. The van der Waals surface area contributed by atoms with E-state index in [1.807, 2.05) is 65.4 Å². The van der Waals surface area contributed by atoms with Gasteiger partial charge in [-0.2, -0.15) is 0 Å². The minimum Gasteiger partial charge on any atom is -0.497 e. The van der Waals surface area contributed by atoms with Gasteiger partial charge >= 0.3 is 0 Å². The molecule has 0 spiro atoms. The molecule has 0 aliphatic heterocycles. The lowest BCUT2D eigenvalue weighted by molar-refractivity contribution is -0.131. The summed E-state index contributed by atoms with van der Waals surface area (Å²) in [6.45, 7) is 0.329. The van der Waals surface area contributed by atoms with Crippen molar-refractivity contribution >= 4 is 17.7 Å². The molecule has 2 aromatic carbocycles. The Kier molecular flexibility index (Phi) is 6.29. The fraction of sp³-hybridized carbons (Fsp3) is 0.158. The summed E-state index contributed by atoms with van der Waals surface area (Å²) < 4.78 is 7.16. The summed E-state index contributed by atoms with van der Waals surface area (Å²) in [6, 6.07) is 17.3. The third-order valence-corrected chi connectivity index (χ3v) is 4.51. The molecule has 0 fully saturated rings. The van der Waals surface area contributed by atoms with Crippen LogP contribution in [0.25, 0.3) is 5.69 Å². The summed E-state index contributed by atoms with van der Waals surface area (Å²) in [6.07, 6.45) is 3.55. The van der Waals surface area contributed by atoms with E-state index in [0.717, 1.165) is 22.2 Å². The van der Waals surface area contributed by atoms with Gasteiger partial charge in [0.2, 0.25) is 0 Å². The van der Waals surface area contributed by atoms with Crippen LogP contribution in [-0.2, 0) is 16.2 Å². The molecule has 0 bridgehead atoms. The number of hydrogen-bond acceptors (Lipinski definition) is 5. The first kappa shape index (κ1) is 18.0. The number of benzene rings is 2. The number of amides is 1. The van der Waals surface area contributed by atoms with Crippen LogP contribution in [0, 0.1) is 0 Å². The van der Waals surface area contributed by atoms with Crippen LogP contribution in [0.3, 0.4) is 0 Å². The Hall–Kier alpha value is -2.77. The fourth-order valence-electron chi connectivity index (χ4n) is 2.29. The molecule has 0 saturated heterocycles. The van der Waals surface area contributed by atoms with E-state index in [9.17, 15) is 4.79 Å². The lowest BCUT2D eigenvalue weighted by Crippen LogP contribution is -2.25. The second-order valence-electron chi connectivity index (χ2n) is 5.37. The van der Waals surface area contributed by atoms with E-state index in [2.05, 4.69) is 10.5 Å². The van der Waals surface area contributed by atoms with Crippen molar-refractivity contribution in [1.82, 2.24) is 15.0 Å². The zero-order chi connectivity index (χ0) is 18.2. The first-order valence-corrected chi connectivity index (χ1v) is 9.00. The number of carbonyl (C=O) groups is 1. The van der Waals surface area contributed by atoms with E-state index in [1.165, 1.54) is 11.8 Å². The van der Waals surface area contributed by atoms with Crippen molar-refractivity contribution in [2.45, 2.75) is 11.8 Å². The average molecular weight is 369 g/mol. The number of methoxy groups -OCH3 is 1. The molecule has 0 aliphatic carbocycles. The van der Waals surface area contributed by atoms with Gasteiger partial charge in [-0.05, 0) is 17.7 Å². The Morgan fingerprint density at radius 3 is 2.85 bits per heavy atom. The van der Waals surface area contributed by atoms with Crippen LogP contribution in [0.5, 0.6) is 5.75 Å². The maximum absolute atomic E-state index is 12.0. The molecule has 26 heavy (non-hydrogen) atoms. The predicted octanol–water partition coefficient (Wildman–Crippen LogP) is 3.22. The average Bonchev–Trinajstić information content (AvgIpc) is 3.16. The highest BCUT2D eigenvalue weighted by atomic mass is 32.2. The molecule has 1 amide bonds. The van der Waals surface area contributed by atoms with Crippen LogP contribution in [0.15, 0.2) is 72.1 Å². The van der Waals surface area contributed by atoms with Crippen molar-refractivity contribution in [2.24, 2.45) is 0 Å². The van der Waals surface area contributed by atoms with Crippen LogP contribution in [0.2, 0.25) is 0 Å². The molecule has 0 aliphatic rings.